The number of aryl methyl sites for hydroxylation is 1. The molecule has 0 aliphatic carbocycles. The Balaban J connectivity index is 1.22. The largest absolute Gasteiger partial charge is 0.454 e. The first-order chi connectivity index (χ1) is 15.1. The van der Waals surface area contributed by atoms with Crippen molar-refractivity contribution in [1.82, 2.24) is 24.4 Å². The summed E-state index contributed by atoms with van der Waals surface area (Å²) in [5, 5.41) is 2.93. The lowest BCUT2D eigenvalue weighted by molar-refractivity contribution is 0.174. The zero-order valence-corrected chi connectivity index (χ0v) is 17.4. The summed E-state index contributed by atoms with van der Waals surface area (Å²) in [6, 6.07) is 7.21. The van der Waals surface area contributed by atoms with Crippen LogP contribution in [0.3, 0.4) is 0 Å². The number of fused-ring (bicyclic) bond motifs is 1. The van der Waals surface area contributed by atoms with Crippen molar-refractivity contribution in [2.75, 3.05) is 43.2 Å². The van der Waals surface area contributed by atoms with Crippen LogP contribution in [-0.2, 0) is 0 Å². The van der Waals surface area contributed by atoms with Gasteiger partial charge in [0.1, 0.15) is 24.3 Å². The molecule has 1 N–H and O–H groups in total. The smallest absolute Gasteiger partial charge is 0.321 e. The third-order valence-corrected chi connectivity index (χ3v) is 5.65. The highest BCUT2D eigenvalue weighted by Gasteiger charge is 2.23. The van der Waals surface area contributed by atoms with E-state index in [9.17, 15) is 4.79 Å². The van der Waals surface area contributed by atoms with Gasteiger partial charge >= 0.3 is 6.03 Å². The molecule has 1 fully saturated rings. The molecule has 0 atom stereocenters. The van der Waals surface area contributed by atoms with Crippen molar-refractivity contribution in [2.24, 2.45) is 0 Å². The molecule has 10 heteroatoms. The van der Waals surface area contributed by atoms with Crippen molar-refractivity contribution in [3.63, 3.8) is 0 Å². The fraction of sp³-hybridized carbons (Fsp3) is 0.333. The van der Waals surface area contributed by atoms with Gasteiger partial charge in [0.15, 0.2) is 11.5 Å². The molecule has 2 amide bonds. The topological polar surface area (TPSA) is 97.6 Å². The van der Waals surface area contributed by atoms with E-state index in [1.54, 1.807) is 29.7 Å². The van der Waals surface area contributed by atoms with Gasteiger partial charge < -0.3 is 24.6 Å². The number of rotatable bonds is 3. The lowest BCUT2D eigenvalue weighted by atomic mass is 10.2. The molecule has 4 heterocycles. The van der Waals surface area contributed by atoms with Crippen LogP contribution in [0.4, 0.5) is 16.3 Å². The highest BCUT2D eigenvalue weighted by atomic mass is 16.7. The second-order valence-electron chi connectivity index (χ2n) is 7.49. The van der Waals surface area contributed by atoms with E-state index < -0.39 is 0 Å². The maximum Gasteiger partial charge on any atom is 0.321 e. The Morgan fingerprint density at radius 3 is 2.52 bits per heavy atom. The zero-order valence-electron chi connectivity index (χ0n) is 17.4. The Morgan fingerprint density at radius 1 is 0.968 bits per heavy atom. The van der Waals surface area contributed by atoms with Gasteiger partial charge in [-0.2, -0.15) is 0 Å². The number of piperazine rings is 1. The molecule has 1 aromatic carbocycles. The SMILES string of the molecule is Cc1ncn(-c2cc(N3CCN(C(=O)Nc4ccc5c(c4)OCO5)CC3)ncn2)c1C. The number of benzene rings is 1. The molecule has 10 nitrogen and oxygen atoms in total. The Bertz CT molecular complexity index is 1120. The third-order valence-electron chi connectivity index (χ3n) is 5.65. The first-order valence-electron chi connectivity index (χ1n) is 10.1. The molecule has 0 unspecified atom stereocenters. The molecule has 0 radical (unpaired) electrons. The minimum absolute atomic E-state index is 0.133. The molecule has 0 saturated carbocycles. The fourth-order valence-electron chi connectivity index (χ4n) is 3.69. The maximum absolute atomic E-state index is 12.7. The number of anilines is 2. The molecule has 160 valence electrons. The van der Waals surface area contributed by atoms with Crippen molar-refractivity contribution in [2.45, 2.75) is 13.8 Å². The summed E-state index contributed by atoms with van der Waals surface area (Å²) in [5.41, 5.74) is 2.71. The van der Waals surface area contributed by atoms with E-state index >= 15 is 0 Å². The molecular weight excluding hydrogens is 398 g/mol. The molecule has 0 bridgehead atoms. The summed E-state index contributed by atoms with van der Waals surface area (Å²) in [5.74, 6) is 2.96. The fourth-order valence-corrected chi connectivity index (χ4v) is 3.69. The van der Waals surface area contributed by atoms with Gasteiger partial charge in [-0.15, -0.1) is 0 Å². The van der Waals surface area contributed by atoms with E-state index in [-0.39, 0.29) is 12.8 Å². The number of hydrogen-bond donors (Lipinski definition) is 1. The number of carbonyl (C=O) groups is 1. The van der Waals surface area contributed by atoms with Gasteiger partial charge in [0.25, 0.3) is 0 Å². The minimum atomic E-state index is -0.133. The van der Waals surface area contributed by atoms with E-state index in [0.29, 0.717) is 43.4 Å². The first kappa shape index (κ1) is 19.2. The summed E-state index contributed by atoms with van der Waals surface area (Å²) in [6.07, 6.45) is 3.34. The van der Waals surface area contributed by atoms with Crippen LogP contribution in [0.25, 0.3) is 5.82 Å². The van der Waals surface area contributed by atoms with Crippen LogP contribution in [0.2, 0.25) is 0 Å². The van der Waals surface area contributed by atoms with Crippen LogP contribution in [0.5, 0.6) is 11.5 Å². The van der Waals surface area contributed by atoms with E-state index in [4.69, 9.17) is 9.47 Å². The Hall–Kier alpha value is -3.82. The van der Waals surface area contributed by atoms with Gasteiger partial charge in [-0.05, 0) is 26.0 Å². The Labute approximate surface area is 179 Å². The number of hydrogen-bond acceptors (Lipinski definition) is 7. The first-order valence-corrected chi connectivity index (χ1v) is 10.1. The lowest BCUT2D eigenvalue weighted by Crippen LogP contribution is -2.50. The van der Waals surface area contributed by atoms with Crippen LogP contribution >= 0.6 is 0 Å². The molecule has 0 spiro atoms. The van der Waals surface area contributed by atoms with Gasteiger partial charge in [0.05, 0.1) is 5.69 Å². The molecule has 2 aliphatic rings. The number of carbonyl (C=O) groups excluding carboxylic acids is 1. The third kappa shape index (κ3) is 3.72. The zero-order chi connectivity index (χ0) is 21.4. The summed E-state index contributed by atoms with van der Waals surface area (Å²) in [7, 11) is 0. The molecule has 5 rings (SSSR count). The van der Waals surface area contributed by atoms with Crippen molar-refractivity contribution in [3.05, 3.63) is 48.3 Å². The normalized spacial score (nSPS) is 15.3. The van der Waals surface area contributed by atoms with Crippen molar-refractivity contribution in [1.29, 1.82) is 0 Å². The van der Waals surface area contributed by atoms with Crippen LogP contribution in [0.15, 0.2) is 36.9 Å². The molecule has 31 heavy (non-hydrogen) atoms. The van der Waals surface area contributed by atoms with Crippen molar-refractivity contribution in [3.8, 4) is 17.3 Å². The predicted molar refractivity (Wildman–Crippen MR) is 114 cm³/mol. The average molecular weight is 421 g/mol. The van der Waals surface area contributed by atoms with Crippen LogP contribution < -0.4 is 19.7 Å². The molecule has 3 aromatic rings. The van der Waals surface area contributed by atoms with Crippen LogP contribution in [0.1, 0.15) is 11.4 Å². The van der Waals surface area contributed by atoms with Gasteiger partial charge in [-0.25, -0.2) is 19.7 Å². The number of aromatic nitrogens is 4. The number of urea groups is 1. The second kappa shape index (κ2) is 7.78. The minimum Gasteiger partial charge on any atom is -0.454 e. The average Bonchev–Trinajstić information content (AvgIpc) is 3.40. The van der Waals surface area contributed by atoms with E-state index in [1.807, 2.05) is 30.5 Å². The number of nitrogens with zero attached hydrogens (tertiary/aromatic N) is 6. The summed E-state index contributed by atoms with van der Waals surface area (Å²) < 4.78 is 12.6. The quantitative estimate of drug-likeness (QED) is 0.693. The van der Waals surface area contributed by atoms with E-state index in [1.165, 1.54) is 0 Å². The standard InChI is InChI=1S/C21H23N7O3/c1-14-15(2)28(12-24-14)20-10-19(22-11-23-20)26-5-7-27(8-6-26)21(29)25-16-3-4-17-18(9-16)31-13-30-17/h3-4,9-12H,5-8,13H2,1-2H3,(H,25,29). The summed E-state index contributed by atoms with van der Waals surface area (Å²) in [4.78, 5) is 29.8. The predicted octanol–water partition coefficient (Wildman–Crippen LogP) is 2.36. The summed E-state index contributed by atoms with van der Waals surface area (Å²) in [6.45, 7) is 6.76. The molecular formula is C21H23N7O3. The van der Waals surface area contributed by atoms with Gasteiger partial charge in [0.2, 0.25) is 6.79 Å². The second-order valence-corrected chi connectivity index (χ2v) is 7.49. The highest BCUT2D eigenvalue weighted by Crippen LogP contribution is 2.34. The number of imidazole rings is 1. The molecule has 2 aliphatic heterocycles. The number of nitrogens with one attached hydrogen (secondary N) is 1. The lowest BCUT2D eigenvalue weighted by Gasteiger charge is -2.35. The Morgan fingerprint density at radius 2 is 1.74 bits per heavy atom. The number of ether oxygens (including phenoxy) is 2. The van der Waals surface area contributed by atoms with Gasteiger partial charge in [0, 0.05) is 49.7 Å². The molecule has 1 saturated heterocycles. The van der Waals surface area contributed by atoms with Crippen LogP contribution in [-0.4, -0.2) is 63.4 Å². The Kier molecular flexibility index (Phi) is 4.81. The van der Waals surface area contributed by atoms with Gasteiger partial charge in [-0.3, -0.25) is 4.57 Å². The highest BCUT2D eigenvalue weighted by molar-refractivity contribution is 5.90. The van der Waals surface area contributed by atoms with Gasteiger partial charge in [-0.1, -0.05) is 0 Å². The van der Waals surface area contributed by atoms with E-state index in [2.05, 4.69) is 25.2 Å². The molecule has 2 aromatic heterocycles. The monoisotopic (exact) mass is 421 g/mol. The van der Waals surface area contributed by atoms with Crippen molar-refractivity contribution >= 4 is 17.5 Å². The van der Waals surface area contributed by atoms with Crippen LogP contribution in [0, 0.1) is 13.8 Å². The van der Waals surface area contributed by atoms with E-state index in [0.717, 1.165) is 23.0 Å². The summed E-state index contributed by atoms with van der Waals surface area (Å²) >= 11 is 0. The van der Waals surface area contributed by atoms with Crippen molar-refractivity contribution < 1.29 is 14.3 Å². The number of amides is 2. The maximum atomic E-state index is 12.7.